The van der Waals surface area contributed by atoms with Crippen molar-refractivity contribution in [1.29, 1.82) is 0 Å². The Hall–Kier alpha value is -1.56. The molecule has 17 heavy (non-hydrogen) atoms. The Morgan fingerprint density at radius 3 is 3.00 bits per heavy atom. The maximum Gasteiger partial charge on any atom is 0.265 e. The number of nitrogens with two attached hydrogens (primary N) is 1. The number of nitrogen functional groups attached to an aromatic ring is 1. The lowest BCUT2D eigenvalue weighted by molar-refractivity contribution is 0.0945. The Morgan fingerprint density at radius 1 is 1.71 bits per heavy atom. The standard InChI is InChI=1S/C11H18N4OS/c1-4-6-7(3)14-10(16)8-9(12)15-11(17-8)13-5-2/h4,7H,1,5-6,12H2,2-3H3,(H,13,15)(H,14,16). The third-order valence-electron chi connectivity index (χ3n) is 2.09. The van der Waals surface area contributed by atoms with Crippen LogP contribution in [0.4, 0.5) is 10.9 Å². The molecule has 1 atom stereocenters. The molecule has 0 radical (unpaired) electrons. The van der Waals surface area contributed by atoms with Crippen LogP contribution in [0.3, 0.4) is 0 Å². The Morgan fingerprint density at radius 2 is 2.41 bits per heavy atom. The first kappa shape index (κ1) is 13.5. The molecule has 0 aromatic carbocycles. The van der Waals surface area contributed by atoms with E-state index in [1.54, 1.807) is 6.08 Å². The Labute approximate surface area is 105 Å². The molecule has 1 aromatic rings. The van der Waals surface area contributed by atoms with Crippen molar-refractivity contribution in [2.24, 2.45) is 0 Å². The van der Waals surface area contributed by atoms with Crippen LogP contribution in [0.5, 0.6) is 0 Å². The molecule has 0 aliphatic carbocycles. The number of hydrogen-bond acceptors (Lipinski definition) is 5. The van der Waals surface area contributed by atoms with E-state index in [4.69, 9.17) is 5.73 Å². The van der Waals surface area contributed by atoms with Gasteiger partial charge in [0, 0.05) is 12.6 Å². The molecule has 1 heterocycles. The minimum atomic E-state index is -0.182. The van der Waals surface area contributed by atoms with Gasteiger partial charge in [0.15, 0.2) is 5.13 Å². The van der Waals surface area contributed by atoms with Gasteiger partial charge in [-0.1, -0.05) is 17.4 Å². The van der Waals surface area contributed by atoms with Crippen LogP contribution in [0.15, 0.2) is 12.7 Å². The van der Waals surface area contributed by atoms with Gasteiger partial charge in [-0.3, -0.25) is 4.79 Å². The fourth-order valence-electron chi connectivity index (χ4n) is 1.32. The Bertz CT molecular complexity index is 402. The van der Waals surface area contributed by atoms with Crippen LogP contribution in [0.2, 0.25) is 0 Å². The average molecular weight is 254 g/mol. The van der Waals surface area contributed by atoms with Crippen molar-refractivity contribution < 1.29 is 4.79 Å². The van der Waals surface area contributed by atoms with E-state index in [1.165, 1.54) is 11.3 Å². The molecule has 0 fully saturated rings. The highest BCUT2D eigenvalue weighted by Gasteiger charge is 2.17. The van der Waals surface area contributed by atoms with Crippen molar-refractivity contribution in [2.45, 2.75) is 26.3 Å². The smallest absolute Gasteiger partial charge is 0.265 e. The molecule has 0 saturated carbocycles. The first-order valence-electron chi connectivity index (χ1n) is 5.50. The van der Waals surface area contributed by atoms with E-state index in [-0.39, 0.29) is 17.8 Å². The van der Waals surface area contributed by atoms with Crippen LogP contribution < -0.4 is 16.4 Å². The van der Waals surface area contributed by atoms with E-state index >= 15 is 0 Å². The van der Waals surface area contributed by atoms with Crippen LogP contribution in [0.1, 0.15) is 29.9 Å². The number of carbonyl (C=O) groups is 1. The molecule has 0 aliphatic heterocycles. The van der Waals surface area contributed by atoms with Gasteiger partial charge in [0.05, 0.1) is 0 Å². The molecular formula is C11H18N4OS. The van der Waals surface area contributed by atoms with E-state index in [2.05, 4.69) is 22.2 Å². The van der Waals surface area contributed by atoms with Crippen LogP contribution >= 0.6 is 11.3 Å². The van der Waals surface area contributed by atoms with E-state index in [0.29, 0.717) is 10.0 Å². The lowest BCUT2D eigenvalue weighted by Gasteiger charge is -2.10. The van der Waals surface area contributed by atoms with Crippen molar-refractivity contribution in [3.63, 3.8) is 0 Å². The normalized spacial score (nSPS) is 11.9. The lowest BCUT2D eigenvalue weighted by Crippen LogP contribution is -2.31. The second-order valence-corrected chi connectivity index (χ2v) is 4.66. The molecule has 6 heteroatoms. The van der Waals surface area contributed by atoms with Gasteiger partial charge in [0.1, 0.15) is 10.7 Å². The fraction of sp³-hybridized carbons (Fsp3) is 0.455. The first-order chi connectivity index (χ1) is 8.08. The zero-order valence-corrected chi connectivity index (χ0v) is 10.9. The number of thiazole rings is 1. The molecule has 94 valence electrons. The van der Waals surface area contributed by atoms with Gasteiger partial charge in [0.2, 0.25) is 0 Å². The maximum atomic E-state index is 11.9. The quantitative estimate of drug-likeness (QED) is 0.677. The third kappa shape index (κ3) is 3.74. The van der Waals surface area contributed by atoms with Gasteiger partial charge in [0.25, 0.3) is 5.91 Å². The molecule has 1 aromatic heterocycles. The van der Waals surface area contributed by atoms with Crippen LogP contribution in [-0.4, -0.2) is 23.5 Å². The molecule has 0 bridgehead atoms. The molecule has 1 rings (SSSR count). The van der Waals surface area contributed by atoms with Gasteiger partial charge in [-0.2, -0.15) is 0 Å². The number of hydrogen-bond donors (Lipinski definition) is 3. The number of nitrogens with zero attached hydrogens (tertiary/aromatic N) is 1. The highest BCUT2D eigenvalue weighted by Crippen LogP contribution is 2.24. The summed E-state index contributed by atoms with van der Waals surface area (Å²) in [5, 5.41) is 6.55. The second-order valence-electron chi connectivity index (χ2n) is 3.66. The summed E-state index contributed by atoms with van der Waals surface area (Å²) in [7, 11) is 0. The van der Waals surface area contributed by atoms with Crippen molar-refractivity contribution in [3.8, 4) is 0 Å². The monoisotopic (exact) mass is 254 g/mol. The number of aromatic nitrogens is 1. The van der Waals surface area contributed by atoms with Gasteiger partial charge in [-0.25, -0.2) is 4.98 Å². The number of anilines is 2. The summed E-state index contributed by atoms with van der Waals surface area (Å²) < 4.78 is 0. The van der Waals surface area contributed by atoms with Crippen molar-refractivity contribution in [1.82, 2.24) is 10.3 Å². The van der Waals surface area contributed by atoms with E-state index < -0.39 is 0 Å². The van der Waals surface area contributed by atoms with Crippen molar-refractivity contribution in [3.05, 3.63) is 17.5 Å². The second kappa shape index (κ2) is 6.24. The number of carbonyl (C=O) groups excluding carboxylic acids is 1. The minimum Gasteiger partial charge on any atom is -0.382 e. The molecular weight excluding hydrogens is 236 g/mol. The molecule has 1 unspecified atom stereocenters. The average Bonchev–Trinajstić information content (AvgIpc) is 2.60. The maximum absolute atomic E-state index is 11.9. The zero-order chi connectivity index (χ0) is 12.8. The largest absolute Gasteiger partial charge is 0.382 e. The fourth-order valence-corrected chi connectivity index (χ4v) is 2.18. The van der Waals surface area contributed by atoms with Gasteiger partial charge < -0.3 is 16.4 Å². The Kier molecular flexibility index (Phi) is 4.96. The molecule has 0 spiro atoms. The SMILES string of the molecule is C=CCC(C)NC(=O)c1sc(NCC)nc1N. The van der Waals surface area contributed by atoms with Gasteiger partial charge >= 0.3 is 0 Å². The number of nitrogens with one attached hydrogen (secondary N) is 2. The third-order valence-corrected chi connectivity index (χ3v) is 3.11. The number of rotatable bonds is 6. The minimum absolute atomic E-state index is 0.0454. The van der Waals surface area contributed by atoms with E-state index in [1.807, 2.05) is 13.8 Å². The summed E-state index contributed by atoms with van der Waals surface area (Å²) in [6.07, 6.45) is 2.50. The number of amides is 1. The lowest BCUT2D eigenvalue weighted by atomic mass is 10.2. The Balaban J connectivity index is 2.71. The summed E-state index contributed by atoms with van der Waals surface area (Å²) in [6.45, 7) is 8.26. The highest BCUT2D eigenvalue weighted by molar-refractivity contribution is 7.18. The van der Waals surface area contributed by atoms with Crippen molar-refractivity contribution >= 4 is 28.2 Å². The summed E-state index contributed by atoms with van der Waals surface area (Å²) in [6, 6.07) is 0.0454. The van der Waals surface area contributed by atoms with Gasteiger partial charge in [-0.15, -0.1) is 6.58 Å². The van der Waals surface area contributed by atoms with Crippen molar-refractivity contribution in [2.75, 3.05) is 17.6 Å². The molecule has 0 saturated heterocycles. The van der Waals surface area contributed by atoms with E-state index in [9.17, 15) is 4.79 Å². The predicted molar refractivity (Wildman–Crippen MR) is 72.4 cm³/mol. The first-order valence-corrected chi connectivity index (χ1v) is 6.32. The highest BCUT2D eigenvalue weighted by atomic mass is 32.1. The van der Waals surface area contributed by atoms with Crippen LogP contribution in [-0.2, 0) is 0 Å². The predicted octanol–water partition coefficient (Wildman–Crippen LogP) is 1.85. The van der Waals surface area contributed by atoms with E-state index in [0.717, 1.165) is 13.0 Å². The molecule has 0 aliphatic rings. The summed E-state index contributed by atoms with van der Waals surface area (Å²) >= 11 is 1.27. The van der Waals surface area contributed by atoms with Crippen LogP contribution in [0, 0.1) is 0 Å². The summed E-state index contributed by atoms with van der Waals surface area (Å²) in [4.78, 5) is 16.4. The molecule has 5 nitrogen and oxygen atoms in total. The summed E-state index contributed by atoms with van der Waals surface area (Å²) in [5.74, 6) is 0.0905. The van der Waals surface area contributed by atoms with Crippen LogP contribution in [0.25, 0.3) is 0 Å². The topological polar surface area (TPSA) is 80.0 Å². The molecule has 1 amide bonds. The van der Waals surface area contributed by atoms with Gasteiger partial charge in [-0.05, 0) is 20.3 Å². The summed E-state index contributed by atoms with van der Waals surface area (Å²) in [5.41, 5.74) is 5.70. The molecule has 4 N–H and O–H groups in total. The zero-order valence-electron chi connectivity index (χ0n) is 10.1.